The molecule has 0 saturated carbocycles. The molecule has 0 heterocycles. The van der Waals surface area contributed by atoms with Crippen LogP contribution >= 0.6 is 11.6 Å². The number of nitrogens with one attached hydrogen (secondary N) is 1. The zero-order chi connectivity index (χ0) is 23.7. The van der Waals surface area contributed by atoms with Crippen LogP contribution in [0.1, 0.15) is 6.42 Å². The number of amides is 1. The first-order valence-corrected chi connectivity index (χ1v) is 12.1. The molecule has 0 atom stereocenters. The van der Waals surface area contributed by atoms with Crippen LogP contribution < -0.4 is 10.1 Å². The van der Waals surface area contributed by atoms with Crippen LogP contribution in [0.2, 0.25) is 5.02 Å². The fourth-order valence-corrected chi connectivity index (χ4v) is 4.77. The van der Waals surface area contributed by atoms with Crippen LogP contribution in [0.5, 0.6) is 11.5 Å². The van der Waals surface area contributed by atoms with Gasteiger partial charge in [0.2, 0.25) is 15.9 Å². The minimum atomic E-state index is -3.92. The maximum Gasteiger partial charge on any atom is 0.243 e. The number of anilines is 1. The highest BCUT2D eigenvalue weighted by Crippen LogP contribution is 2.23. The molecule has 33 heavy (non-hydrogen) atoms. The lowest BCUT2D eigenvalue weighted by Gasteiger charge is -2.22. The second kappa shape index (κ2) is 11.8. The number of carbonyl (C=O) groups excluding carboxylic acids is 1. The Hall–Kier alpha value is -2.91. The number of nitrogens with zero attached hydrogens (tertiary/aromatic N) is 1. The van der Waals surface area contributed by atoms with Gasteiger partial charge in [-0.15, -0.1) is 0 Å². The second-order valence-electron chi connectivity index (χ2n) is 7.13. The van der Waals surface area contributed by atoms with E-state index in [1.165, 1.54) is 19.2 Å². The Kier molecular flexibility index (Phi) is 8.85. The van der Waals surface area contributed by atoms with E-state index in [1.54, 1.807) is 36.4 Å². The summed E-state index contributed by atoms with van der Waals surface area (Å²) >= 11 is 5.97. The molecule has 1 N–H and O–H groups in total. The summed E-state index contributed by atoms with van der Waals surface area (Å²) < 4.78 is 38.1. The molecule has 0 aliphatic heterocycles. The van der Waals surface area contributed by atoms with Crippen molar-refractivity contribution in [2.45, 2.75) is 11.3 Å². The van der Waals surface area contributed by atoms with Crippen molar-refractivity contribution in [2.24, 2.45) is 0 Å². The Morgan fingerprint density at radius 1 is 0.970 bits per heavy atom. The van der Waals surface area contributed by atoms with Gasteiger partial charge in [-0.25, -0.2) is 8.42 Å². The highest BCUT2D eigenvalue weighted by Gasteiger charge is 2.26. The number of methoxy groups -OCH3 is 1. The van der Waals surface area contributed by atoms with Crippen LogP contribution in [0, 0.1) is 0 Å². The fraction of sp³-hybridized carbons (Fsp3) is 0.208. The van der Waals surface area contributed by atoms with Gasteiger partial charge < -0.3 is 14.8 Å². The van der Waals surface area contributed by atoms with Crippen molar-refractivity contribution in [1.82, 2.24) is 4.31 Å². The third kappa shape index (κ3) is 7.30. The van der Waals surface area contributed by atoms with Gasteiger partial charge in [-0.05, 0) is 61.0 Å². The van der Waals surface area contributed by atoms with Crippen molar-refractivity contribution in [1.29, 1.82) is 0 Å². The topological polar surface area (TPSA) is 84.9 Å². The molecule has 3 aromatic carbocycles. The molecule has 0 fully saturated rings. The first-order chi connectivity index (χ1) is 15.9. The van der Waals surface area contributed by atoms with Gasteiger partial charge in [0.1, 0.15) is 11.5 Å². The maximum atomic E-state index is 13.1. The molecule has 0 radical (unpaired) electrons. The Morgan fingerprint density at radius 3 is 2.33 bits per heavy atom. The standard InChI is InChI=1S/C24H25ClN2O5S/c1-31-16-6-15-27(33(29,30)23-10-5-7-19(25)17-23)18-24(28)26-20-11-13-22(14-12-20)32-21-8-3-2-4-9-21/h2-5,7-14,17H,6,15-16,18H2,1H3,(H,26,28). The Morgan fingerprint density at radius 2 is 1.67 bits per heavy atom. The molecular weight excluding hydrogens is 464 g/mol. The monoisotopic (exact) mass is 488 g/mol. The highest BCUT2D eigenvalue weighted by atomic mass is 35.5. The smallest absolute Gasteiger partial charge is 0.243 e. The number of rotatable bonds is 11. The summed E-state index contributed by atoms with van der Waals surface area (Å²) in [6.07, 6.45) is 0.440. The molecule has 3 aromatic rings. The number of halogens is 1. The maximum absolute atomic E-state index is 13.1. The van der Waals surface area contributed by atoms with Gasteiger partial charge in [-0.1, -0.05) is 35.9 Å². The molecule has 9 heteroatoms. The normalized spacial score (nSPS) is 11.4. The third-order valence-corrected chi connectivity index (χ3v) is 6.70. The van der Waals surface area contributed by atoms with Crippen molar-refractivity contribution in [3.8, 4) is 11.5 Å². The summed E-state index contributed by atoms with van der Waals surface area (Å²) in [6.45, 7) is 0.146. The third-order valence-electron chi connectivity index (χ3n) is 4.63. The van der Waals surface area contributed by atoms with Gasteiger partial charge in [0.05, 0.1) is 11.4 Å². The zero-order valence-corrected chi connectivity index (χ0v) is 19.7. The number of para-hydroxylation sites is 1. The molecule has 0 aromatic heterocycles. The molecule has 7 nitrogen and oxygen atoms in total. The molecule has 0 bridgehead atoms. The average Bonchev–Trinajstić information content (AvgIpc) is 2.80. The summed E-state index contributed by atoms with van der Waals surface area (Å²) in [7, 11) is -2.38. The van der Waals surface area contributed by atoms with E-state index in [2.05, 4.69) is 5.32 Å². The van der Waals surface area contributed by atoms with E-state index >= 15 is 0 Å². The van der Waals surface area contributed by atoms with E-state index in [1.807, 2.05) is 30.3 Å². The SMILES string of the molecule is COCCCN(CC(=O)Nc1ccc(Oc2ccccc2)cc1)S(=O)(=O)c1cccc(Cl)c1. The molecule has 0 spiro atoms. The summed E-state index contributed by atoms with van der Waals surface area (Å²) in [5.41, 5.74) is 0.525. The van der Waals surface area contributed by atoms with Crippen molar-refractivity contribution >= 4 is 33.2 Å². The van der Waals surface area contributed by atoms with Crippen LogP contribution in [0.3, 0.4) is 0 Å². The van der Waals surface area contributed by atoms with Gasteiger partial charge >= 0.3 is 0 Å². The molecule has 3 rings (SSSR count). The zero-order valence-electron chi connectivity index (χ0n) is 18.1. The molecule has 0 unspecified atom stereocenters. The van der Waals surface area contributed by atoms with Crippen LogP contribution in [-0.2, 0) is 19.6 Å². The summed E-state index contributed by atoms with van der Waals surface area (Å²) in [5, 5.41) is 3.03. The number of hydrogen-bond acceptors (Lipinski definition) is 5. The van der Waals surface area contributed by atoms with Gasteiger partial charge in [0.15, 0.2) is 0 Å². The van der Waals surface area contributed by atoms with Crippen LogP contribution in [0.4, 0.5) is 5.69 Å². The minimum absolute atomic E-state index is 0.0302. The fourth-order valence-electron chi connectivity index (χ4n) is 3.04. The van der Waals surface area contributed by atoms with E-state index in [4.69, 9.17) is 21.1 Å². The molecule has 0 saturated heterocycles. The van der Waals surface area contributed by atoms with Crippen molar-refractivity contribution in [2.75, 3.05) is 32.1 Å². The predicted molar refractivity (Wildman–Crippen MR) is 128 cm³/mol. The summed E-state index contributed by atoms with van der Waals surface area (Å²) in [5.74, 6) is 0.853. The lowest BCUT2D eigenvalue weighted by Crippen LogP contribution is -2.39. The van der Waals surface area contributed by atoms with Crippen LogP contribution in [0.25, 0.3) is 0 Å². The summed E-state index contributed by atoms with van der Waals surface area (Å²) in [4.78, 5) is 12.7. The molecule has 0 aliphatic rings. The molecule has 174 valence electrons. The number of sulfonamides is 1. The Balaban J connectivity index is 1.67. The summed E-state index contributed by atoms with van der Waals surface area (Å²) in [6, 6.07) is 22.1. The van der Waals surface area contributed by atoms with E-state index in [0.29, 0.717) is 35.2 Å². The predicted octanol–water partition coefficient (Wildman–Crippen LogP) is 4.80. The Labute approximate surface area is 198 Å². The van der Waals surface area contributed by atoms with Crippen molar-refractivity contribution < 1.29 is 22.7 Å². The number of benzene rings is 3. The van der Waals surface area contributed by atoms with Crippen molar-refractivity contribution in [3.05, 3.63) is 83.9 Å². The minimum Gasteiger partial charge on any atom is -0.457 e. The van der Waals surface area contributed by atoms with Crippen LogP contribution in [-0.4, -0.2) is 45.4 Å². The van der Waals surface area contributed by atoms with Gasteiger partial charge in [-0.3, -0.25) is 4.79 Å². The van der Waals surface area contributed by atoms with E-state index in [0.717, 1.165) is 4.31 Å². The second-order valence-corrected chi connectivity index (χ2v) is 9.50. The number of carbonyl (C=O) groups is 1. The largest absolute Gasteiger partial charge is 0.457 e. The number of ether oxygens (including phenoxy) is 2. The lowest BCUT2D eigenvalue weighted by atomic mass is 10.3. The van der Waals surface area contributed by atoms with E-state index < -0.39 is 15.9 Å². The first-order valence-electron chi connectivity index (χ1n) is 10.3. The van der Waals surface area contributed by atoms with Gasteiger partial charge in [0.25, 0.3) is 0 Å². The lowest BCUT2D eigenvalue weighted by molar-refractivity contribution is -0.116. The van der Waals surface area contributed by atoms with Gasteiger partial charge in [0, 0.05) is 31.0 Å². The van der Waals surface area contributed by atoms with E-state index in [-0.39, 0.29) is 18.0 Å². The average molecular weight is 489 g/mol. The Bertz CT molecular complexity index is 1150. The number of hydrogen-bond donors (Lipinski definition) is 1. The van der Waals surface area contributed by atoms with E-state index in [9.17, 15) is 13.2 Å². The quantitative estimate of drug-likeness (QED) is 0.392. The molecule has 1 amide bonds. The molecule has 0 aliphatic carbocycles. The molecular formula is C24H25ClN2O5S. The highest BCUT2D eigenvalue weighted by molar-refractivity contribution is 7.89. The van der Waals surface area contributed by atoms with Gasteiger partial charge in [-0.2, -0.15) is 4.31 Å². The first kappa shape index (κ1) is 24.7. The van der Waals surface area contributed by atoms with Crippen LogP contribution in [0.15, 0.2) is 83.8 Å². The van der Waals surface area contributed by atoms with Crippen molar-refractivity contribution in [3.63, 3.8) is 0 Å².